The van der Waals surface area contributed by atoms with E-state index in [1.54, 1.807) is 13.8 Å². The van der Waals surface area contributed by atoms with Crippen LogP contribution in [-0.2, 0) is 4.79 Å². The highest BCUT2D eigenvalue weighted by Crippen LogP contribution is 2.37. The molecule has 3 nitrogen and oxygen atoms in total. The lowest BCUT2D eigenvalue weighted by molar-refractivity contribution is -0.123. The lowest BCUT2D eigenvalue weighted by atomic mass is 10.1. The average molecular weight is 166 g/mol. The van der Waals surface area contributed by atoms with Gasteiger partial charge in [-0.05, 0) is 26.2 Å². The summed E-state index contributed by atoms with van der Waals surface area (Å²) in [4.78, 5) is 11.3. The van der Waals surface area contributed by atoms with E-state index in [1.165, 1.54) is 0 Å². The van der Waals surface area contributed by atoms with Gasteiger partial charge in [0.05, 0.1) is 6.07 Å². The minimum Gasteiger partial charge on any atom is -0.338 e. The predicted octanol–water partition coefficient (Wildman–Crippen LogP) is 1.06. The largest absolute Gasteiger partial charge is 0.338 e. The summed E-state index contributed by atoms with van der Waals surface area (Å²) in [7, 11) is 0. The number of carbonyl (C=O) groups is 1. The van der Waals surface area contributed by atoms with Crippen molar-refractivity contribution in [2.75, 3.05) is 0 Å². The van der Waals surface area contributed by atoms with Crippen molar-refractivity contribution in [2.24, 2.45) is 11.8 Å². The predicted molar refractivity (Wildman–Crippen MR) is 45.1 cm³/mol. The molecule has 3 heteroatoms. The van der Waals surface area contributed by atoms with Crippen molar-refractivity contribution < 1.29 is 4.79 Å². The maximum Gasteiger partial charge on any atom is 0.224 e. The van der Waals surface area contributed by atoms with Crippen LogP contribution >= 0.6 is 0 Å². The van der Waals surface area contributed by atoms with E-state index in [4.69, 9.17) is 5.26 Å². The topological polar surface area (TPSA) is 52.9 Å². The fourth-order valence-corrected chi connectivity index (χ4v) is 1.12. The quantitative estimate of drug-likeness (QED) is 0.667. The van der Waals surface area contributed by atoms with Crippen molar-refractivity contribution in [1.29, 1.82) is 5.26 Å². The molecule has 0 aromatic heterocycles. The Labute approximate surface area is 72.8 Å². The third-order valence-corrected chi connectivity index (χ3v) is 2.16. The van der Waals surface area contributed by atoms with Gasteiger partial charge in [0.1, 0.15) is 5.54 Å². The maximum atomic E-state index is 11.3. The van der Waals surface area contributed by atoms with E-state index in [9.17, 15) is 4.79 Å². The molecule has 2 atom stereocenters. The van der Waals surface area contributed by atoms with Crippen LogP contribution in [0.2, 0.25) is 0 Å². The molecule has 1 saturated carbocycles. The number of hydrogen-bond acceptors (Lipinski definition) is 2. The SMILES string of the molecule is C[C@@H]1C[C@H]1C(=O)NC(C)(C)C#N. The summed E-state index contributed by atoms with van der Waals surface area (Å²) in [6.07, 6.45) is 0.966. The van der Waals surface area contributed by atoms with Gasteiger partial charge in [0, 0.05) is 5.92 Å². The second kappa shape index (κ2) is 2.78. The summed E-state index contributed by atoms with van der Waals surface area (Å²) in [5.74, 6) is 0.672. The molecule has 0 aromatic carbocycles. The van der Waals surface area contributed by atoms with Gasteiger partial charge in [0.25, 0.3) is 0 Å². The van der Waals surface area contributed by atoms with Crippen LogP contribution in [0.25, 0.3) is 0 Å². The number of rotatable bonds is 2. The highest BCUT2D eigenvalue weighted by Gasteiger charge is 2.40. The molecular formula is C9H14N2O. The summed E-state index contributed by atoms with van der Waals surface area (Å²) in [6.45, 7) is 5.46. The van der Waals surface area contributed by atoms with Crippen LogP contribution < -0.4 is 5.32 Å². The molecule has 0 bridgehead atoms. The van der Waals surface area contributed by atoms with Gasteiger partial charge in [-0.25, -0.2) is 0 Å². The standard InChI is InChI=1S/C9H14N2O/c1-6-4-7(6)8(12)11-9(2,3)5-10/h6-7H,4H2,1-3H3,(H,11,12)/t6-,7-/m1/s1. The minimum atomic E-state index is -0.723. The zero-order chi connectivity index (χ0) is 9.35. The number of nitriles is 1. The highest BCUT2D eigenvalue weighted by atomic mass is 16.2. The zero-order valence-corrected chi connectivity index (χ0v) is 7.72. The average Bonchev–Trinajstić information content (AvgIpc) is 2.66. The molecule has 0 spiro atoms. The van der Waals surface area contributed by atoms with Gasteiger partial charge in [-0.15, -0.1) is 0 Å². The Balaban J connectivity index is 2.43. The summed E-state index contributed by atoms with van der Waals surface area (Å²) in [6, 6.07) is 2.04. The fourth-order valence-electron chi connectivity index (χ4n) is 1.12. The van der Waals surface area contributed by atoms with Gasteiger partial charge in [-0.1, -0.05) is 6.92 Å². The van der Waals surface area contributed by atoms with E-state index in [0.29, 0.717) is 5.92 Å². The molecule has 1 amide bonds. The summed E-state index contributed by atoms with van der Waals surface area (Å²) in [5.41, 5.74) is -0.723. The number of hydrogen-bond donors (Lipinski definition) is 1. The number of carbonyl (C=O) groups excluding carboxylic acids is 1. The summed E-state index contributed by atoms with van der Waals surface area (Å²) >= 11 is 0. The Morgan fingerprint density at radius 1 is 1.67 bits per heavy atom. The van der Waals surface area contributed by atoms with Crippen LogP contribution in [0.1, 0.15) is 27.2 Å². The van der Waals surface area contributed by atoms with E-state index in [2.05, 4.69) is 5.32 Å². The van der Waals surface area contributed by atoms with Crippen LogP contribution in [-0.4, -0.2) is 11.4 Å². The first-order valence-electron chi connectivity index (χ1n) is 4.19. The van der Waals surface area contributed by atoms with E-state index in [-0.39, 0.29) is 11.8 Å². The Bertz CT molecular complexity index is 239. The van der Waals surface area contributed by atoms with Crippen molar-refractivity contribution in [3.8, 4) is 6.07 Å². The monoisotopic (exact) mass is 166 g/mol. The van der Waals surface area contributed by atoms with Crippen molar-refractivity contribution >= 4 is 5.91 Å². The van der Waals surface area contributed by atoms with Crippen molar-refractivity contribution in [3.63, 3.8) is 0 Å². The Kier molecular flexibility index (Phi) is 2.10. The molecule has 0 aromatic rings. The maximum absolute atomic E-state index is 11.3. The van der Waals surface area contributed by atoms with Crippen molar-refractivity contribution in [3.05, 3.63) is 0 Å². The van der Waals surface area contributed by atoms with Gasteiger partial charge in [0.15, 0.2) is 0 Å². The normalized spacial score (nSPS) is 27.5. The summed E-state index contributed by atoms with van der Waals surface area (Å²) < 4.78 is 0. The van der Waals surface area contributed by atoms with Crippen LogP contribution in [0, 0.1) is 23.2 Å². The van der Waals surface area contributed by atoms with Gasteiger partial charge in [0.2, 0.25) is 5.91 Å². The van der Waals surface area contributed by atoms with E-state index in [1.807, 2.05) is 13.0 Å². The molecule has 0 heterocycles. The molecule has 0 saturated heterocycles. The van der Waals surface area contributed by atoms with Crippen LogP contribution in [0.4, 0.5) is 0 Å². The van der Waals surface area contributed by atoms with Crippen molar-refractivity contribution in [1.82, 2.24) is 5.32 Å². The second-order valence-corrected chi connectivity index (χ2v) is 4.05. The van der Waals surface area contributed by atoms with Gasteiger partial charge in [-0.2, -0.15) is 5.26 Å². The Hall–Kier alpha value is -1.04. The molecule has 1 fully saturated rings. The number of nitrogens with one attached hydrogen (secondary N) is 1. The molecular weight excluding hydrogens is 152 g/mol. The minimum absolute atomic E-state index is 0.0223. The Morgan fingerprint density at radius 2 is 2.17 bits per heavy atom. The van der Waals surface area contributed by atoms with Gasteiger partial charge in [-0.3, -0.25) is 4.79 Å². The third kappa shape index (κ3) is 1.97. The zero-order valence-electron chi connectivity index (χ0n) is 7.72. The first-order valence-corrected chi connectivity index (χ1v) is 4.19. The molecule has 1 rings (SSSR count). The summed E-state index contributed by atoms with van der Waals surface area (Å²) in [5, 5.41) is 11.3. The first kappa shape index (κ1) is 9.05. The molecule has 1 N–H and O–H groups in total. The highest BCUT2D eigenvalue weighted by molar-refractivity contribution is 5.82. The number of nitrogens with zero attached hydrogens (tertiary/aromatic N) is 1. The van der Waals surface area contributed by atoms with E-state index in [0.717, 1.165) is 6.42 Å². The first-order chi connectivity index (χ1) is 5.46. The second-order valence-electron chi connectivity index (χ2n) is 4.05. The van der Waals surface area contributed by atoms with E-state index < -0.39 is 5.54 Å². The number of amides is 1. The lowest BCUT2D eigenvalue weighted by Gasteiger charge is -2.17. The fraction of sp³-hybridized carbons (Fsp3) is 0.778. The molecule has 1 aliphatic rings. The third-order valence-electron chi connectivity index (χ3n) is 2.16. The molecule has 12 heavy (non-hydrogen) atoms. The van der Waals surface area contributed by atoms with Crippen LogP contribution in [0.15, 0.2) is 0 Å². The van der Waals surface area contributed by atoms with Crippen molar-refractivity contribution in [2.45, 2.75) is 32.7 Å². The van der Waals surface area contributed by atoms with Crippen LogP contribution in [0.5, 0.6) is 0 Å². The lowest BCUT2D eigenvalue weighted by Crippen LogP contribution is -2.43. The smallest absolute Gasteiger partial charge is 0.224 e. The molecule has 1 aliphatic carbocycles. The molecule has 0 radical (unpaired) electrons. The van der Waals surface area contributed by atoms with Crippen LogP contribution in [0.3, 0.4) is 0 Å². The van der Waals surface area contributed by atoms with Gasteiger partial charge < -0.3 is 5.32 Å². The Morgan fingerprint density at radius 3 is 2.50 bits per heavy atom. The van der Waals surface area contributed by atoms with Gasteiger partial charge >= 0.3 is 0 Å². The molecule has 0 unspecified atom stereocenters. The van der Waals surface area contributed by atoms with E-state index >= 15 is 0 Å². The molecule has 0 aliphatic heterocycles. The molecule has 66 valence electrons.